The third-order valence-electron chi connectivity index (χ3n) is 4.84. The number of nitrogens with zero attached hydrogens (tertiary/aromatic N) is 2. The van der Waals surface area contributed by atoms with Gasteiger partial charge >= 0.3 is 6.18 Å². The molecule has 0 spiro atoms. The summed E-state index contributed by atoms with van der Waals surface area (Å²) >= 11 is 0. The molecule has 1 aromatic carbocycles. The highest BCUT2D eigenvalue weighted by atomic mass is 19.4. The fourth-order valence-electron chi connectivity index (χ4n) is 3.44. The second-order valence-electron chi connectivity index (χ2n) is 6.52. The van der Waals surface area contributed by atoms with E-state index in [4.69, 9.17) is 0 Å². The molecular weight excluding hydrogens is 333 g/mol. The van der Waals surface area contributed by atoms with Crippen molar-refractivity contribution < 1.29 is 22.8 Å². The summed E-state index contributed by atoms with van der Waals surface area (Å²) < 4.78 is 39.5. The van der Waals surface area contributed by atoms with Crippen LogP contribution in [0.2, 0.25) is 0 Å². The van der Waals surface area contributed by atoms with Crippen molar-refractivity contribution in [1.29, 1.82) is 0 Å². The van der Waals surface area contributed by atoms with Crippen molar-refractivity contribution in [2.24, 2.45) is 5.92 Å². The van der Waals surface area contributed by atoms with Crippen molar-refractivity contribution in [2.75, 3.05) is 19.6 Å². The lowest BCUT2D eigenvalue weighted by atomic mass is 9.92. The predicted molar refractivity (Wildman–Crippen MR) is 85.4 cm³/mol. The third kappa shape index (κ3) is 3.55. The number of benzene rings is 1. The Kier molecular flexibility index (Phi) is 4.58. The molecule has 0 saturated carbocycles. The van der Waals surface area contributed by atoms with Gasteiger partial charge in [0, 0.05) is 38.5 Å². The van der Waals surface area contributed by atoms with E-state index >= 15 is 0 Å². The minimum absolute atomic E-state index is 0.00806. The molecule has 0 radical (unpaired) electrons. The lowest BCUT2D eigenvalue weighted by Gasteiger charge is -2.39. The van der Waals surface area contributed by atoms with E-state index < -0.39 is 11.7 Å². The number of halogens is 3. The quantitative estimate of drug-likeness (QED) is 0.785. The summed E-state index contributed by atoms with van der Waals surface area (Å²) in [5, 5.41) is 0. The molecule has 0 atom stereocenters. The number of likely N-dealkylation sites (tertiary alicyclic amines) is 1. The van der Waals surface area contributed by atoms with Gasteiger partial charge in [-0.1, -0.05) is 18.7 Å². The summed E-state index contributed by atoms with van der Waals surface area (Å²) in [6.07, 6.45) is -2.50. The van der Waals surface area contributed by atoms with E-state index in [-0.39, 0.29) is 36.3 Å². The molecule has 0 N–H and O–H groups in total. The number of carbonyl (C=O) groups excluding carboxylic acids is 2. The van der Waals surface area contributed by atoms with Crippen LogP contribution in [0.4, 0.5) is 13.2 Å². The van der Waals surface area contributed by atoms with Crippen LogP contribution in [0.1, 0.15) is 23.1 Å². The Hall–Kier alpha value is -2.31. The van der Waals surface area contributed by atoms with Gasteiger partial charge in [0.05, 0.1) is 5.56 Å². The van der Waals surface area contributed by atoms with Gasteiger partial charge in [-0.25, -0.2) is 0 Å². The number of hydrogen-bond acceptors (Lipinski definition) is 2. The average Bonchev–Trinajstić information content (AvgIpc) is 2.54. The molecule has 2 aliphatic rings. The van der Waals surface area contributed by atoms with E-state index in [9.17, 15) is 22.8 Å². The van der Waals surface area contributed by atoms with Crippen LogP contribution in [0.15, 0.2) is 30.9 Å². The number of rotatable bonds is 3. The Bertz CT molecular complexity index is 709. The third-order valence-corrected chi connectivity index (χ3v) is 4.84. The number of fused-ring (bicyclic) bond motifs is 1. The average molecular weight is 352 g/mol. The first-order chi connectivity index (χ1) is 11.8. The smallest absolute Gasteiger partial charge is 0.338 e. The maximum absolute atomic E-state index is 13.2. The SMILES string of the molecule is C=CC(=O)N1CC(CC(=O)N2CCc3cccc(C(F)(F)F)c3C2)C1. The van der Waals surface area contributed by atoms with Crippen LogP contribution in [-0.2, 0) is 28.7 Å². The predicted octanol–water partition coefficient (Wildman–Crippen LogP) is 2.62. The lowest BCUT2D eigenvalue weighted by molar-refractivity contribution is -0.141. The molecule has 1 fully saturated rings. The van der Waals surface area contributed by atoms with Crippen molar-refractivity contribution in [3.63, 3.8) is 0 Å². The first kappa shape index (κ1) is 17.5. The van der Waals surface area contributed by atoms with Crippen LogP contribution < -0.4 is 0 Å². The van der Waals surface area contributed by atoms with Crippen molar-refractivity contribution in [2.45, 2.75) is 25.6 Å². The Morgan fingerprint density at radius 1 is 1.24 bits per heavy atom. The summed E-state index contributed by atoms with van der Waals surface area (Å²) in [7, 11) is 0. The molecule has 0 aromatic heterocycles. The van der Waals surface area contributed by atoms with E-state index in [1.165, 1.54) is 17.0 Å². The van der Waals surface area contributed by atoms with E-state index in [1.54, 1.807) is 11.0 Å². The Morgan fingerprint density at radius 2 is 1.96 bits per heavy atom. The molecule has 1 aromatic rings. The standard InChI is InChI=1S/C18H19F3N2O2/c1-2-16(24)23-9-12(10-23)8-17(25)22-7-6-13-4-3-5-15(14(13)11-22)18(19,20)21/h2-5,12H,1,6-11H2. The highest BCUT2D eigenvalue weighted by Crippen LogP contribution is 2.36. The highest BCUT2D eigenvalue weighted by molar-refractivity contribution is 5.88. The molecule has 2 amide bonds. The van der Waals surface area contributed by atoms with Gasteiger partial charge in [0.1, 0.15) is 0 Å². The molecule has 1 saturated heterocycles. The monoisotopic (exact) mass is 352 g/mol. The minimum atomic E-state index is -4.42. The maximum atomic E-state index is 13.2. The molecule has 4 nitrogen and oxygen atoms in total. The number of amides is 2. The van der Waals surface area contributed by atoms with Gasteiger partial charge < -0.3 is 9.80 Å². The molecule has 2 aliphatic heterocycles. The van der Waals surface area contributed by atoms with Gasteiger partial charge in [-0.3, -0.25) is 9.59 Å². The van der Waals surface area contributed by atoms with Crippen molar-refractivity contribution >= 4 is 11.8 Å². The van der Waals surface area contributed by atoms with Gasteiger partial charge in [-0.15, -0.1) is 0 Å². The lowest BCUT2D eigenvalue weighted by Crippen LogP contribution is -2.51. The molecule has 25 heavy (non-hydrogen) atoms. The van der Waals surface area contributed by atoms with Gasteiger partial charge in [-0.2, -0.15) is 13.2 Å². The normalized spacial score (nSPS) is 17.7. The molecule has 0 aliphatic carbocycles. The topological polar surface area (TPSA) is 40.6 Å². The first-order valence-corrected chi connectivity index (χ1v) is 8.16. The first-order valence-electron chi connectivity index (χ1n) is 8.16. The van der Waals surface area contributed by atoms with Crippen LogP contribution in [0, 0.1) is 5.92 Å². The maximum Gasteiger partial charge on any atom is 0.416 e. The zero-order chi connectivity index (χ0) is 18.2. The molecule has 2 heterocycles. The molecule has 0 unspecified atom stereocenters. The zero-order valence-corrected chi connectivity index (χ0v) is 13.7. The molecule has 3 rings (SSSR count). The fourth-order valence-corrected chi connectivity index (χ4v) is 3.44. The second kappa shape index (κ2) is 6.54. The summed E-state index contributed by atoms with van der Waals surface area (Å²) in [6.45, 7) is 4.82. The number of carbonyl (C=O) groups is 2. The van der Waals surface area contributed by atoms with E-state index in [0.29, 0.717) is 31.6 Å². The highest BCUT2D eigenvalue weighted by Gasteiger charge is 2.37. The van der Waals surface area contributed by atoms with Crippen LogP contribution >= 0.6 is 0 Å². The van der Waals surface area contributed by atoms with Crippen LogP contribution in [-0.4, -0.2) is 41.2 Å². The summed E-state index contributed by atoms with van der Waals surface area (Å²) in [6, 6.07) is 4.17. The molecule has 0 bridgehead atoms. The van der Waals surface area contributed by atoms with E-state index in [0.717, 1.165) is 6.07 Å². The van der Waals surface area contributed by atoms with Crippen molar-refractivity contribution in [1.82, 2.24) is 9.80 Å². The Labute approximate surface area is 143 Å². The van der Waals surface area contributed by atoms with Crippen molar-refractivity contribution in [3.05, 3.63) is 47.5 Å². The van der Waals surface area contributed by atoms with Crippen LogP contribution in [0.3, 0.4) is 0 Å². The van der Waals surface area contributed by atoms with Gasteiger partial charge in [-0.05, 0) is 29.7 Å². The van der Waals surface area contributed by atoms with E-state index in [1.807, 2.05) is 0 Å². The largest absolute Gasteiger partial charge is 0.416 e. The van der Waals surface area contributed by atoms with Crippen LogP contribution in [0.25, 0.3) is 0 Å². The van der Waals surface area contributed by atoms with Crippen molar-refractivity contribution in [3.8, 4) is 0 Å². The zero-order valence-electron chi connectivity index (χ0n) is 13.7. The number of alkyl halides is 3. The summed E-state index contributed by atoms with van der Waals surface area (Å²) in [4.78, 5) is 26.9. The van der Waals surface area contributed by atoms with Crippen LogP contribution in [0.5, 0.6) is 0 Å². The molecule has 134 valence electrons. The molecule has 7 heteroatoms. The van der Waals surface area contributed by atoms with Gasteiger partial charge in [0.25, 0.3) is 0 Å². The molecular formula is C18H19F3N2O2. The second-order valence-corrected chi connectivity index (χ2v) is 6.52. The van der Waals surface area contributed by atoms with Gasteiger partial charge in [0.2, 0.25) is 11.8 Å². The minimum Gasteiger partial charge on any atom is -0.338 e. The fraction of sp³-hybridized carbons (Fsp3) is 0.444. The Balaban J connectivity index is 1.64. The van der Waals surface area contributed by atoms with Gasteiger partial charge in [0.15, 0.2) is 0 Å². The summed E-state index contributed by atoms with van der Waals surface area (Å²) in [5.74, 6) is -0.251. The summed E-state index contributed by atoms with van der Waals surface area (Å²) in [5.41, 5.74) is 0.200. The van der Waals surface area contributed by atoms with E-state index in [2.05, 4.69) is 6.58 Å². The number of hydrogen-bond donors (Lipinski definition) is 0. The Morgan fingerprint density at radius 3 is 2.60 bits per heavy atom.